The molecule has 160 valence electrons. The molecule has 11 heteroatoms. The molecule has 0 heterocycles. The van der Waals surface area contributed by atoms with Gasteiger partial charge in [-0.15, -0.1) is 0 Å². The van der Waals surface area contributed by atoms with E-state index in [2.05, 4.69) is 4.72 Å². The number of hydrogen-bond acceptors (Lipinski definition) is 4. The average molecular weight is 500 g/mol. The second-order valence-corrected chi connectivity index (χ2v) is 11.5. The number of anilines is 1. The van der Waals surface area contributed by atoms with Gasteiger partial charge in [-0.05, 0) is 69.3 Å². The number of halogens is 3. The fourth-order valence-corrected chi connectivity index (χ4v) is 5.76. The zero-order valence-electron chi connectivity index (χ0n) is 15.8. The standard InChI is InChI=1S/C18H21Cl3N2O4S2/c1-13(4-3-11-28(24,25)22-2)23(18-12-15(20)7-10-17(18)21)29(26,27)16-8-5-14(19)6-9-16/h5-10,12-13,22H,3-4,11H2,1-2H3/t13-/m1/s1. The Labute approximate surface area is 186 Å². The van der Waals surface area contributed by atoms with Crippen molar-refractivity contribution in [1.82, 2.24) is 4.72 Å². The van der Waals surface area contributed by atoms with Gasteiger partial charge >= 0.3 is 0 Å². The normalized spacial score (nSPS) is 13.3. The highest BCUT2D eigenvalue weighted by Gasteiger charge is 2.31. The van der Waals surface area contributed by atoms with Crippen LogP contribution in [0.4, 0.5) is 5.69 Å². The molecule has 1 N–H and O–H groups in total. The predicted molar refractivity (Wildman–Crippen MR) is 119 cm³/mol. The number of rotatable bonds is 9. The minimum Gasteiger partial charge on any atom is -0.262 e. The van der Waals surface area contributed by atoms with Crippen molar-refractivity contribution in [1.29, 1.82) is 0 Å². The molecule has 0 spiro atoms. The lowest BCUT2D eigenvalue weighted by molar-refractivity contribution is 0.563. The summed E-state index contributed by atoms with van der Waals surface area (Å²) in [6, 6.07) is 9.73. The minimum atomic E-state index is -4.01. The summed E-state index contributed by atoms with van der Waals surface area (Å²) >= 11 is 18.3. The average Bonchev–Trinajstić information content (AvgIpc) is 2.65. The first-order chi connectivity index (χ1) is 13.5. The maximum atomic E-state index is 13.4. The minimum absolute atomic E-state index is 0.0349. The molecule has 0 radical (unpaired) electrons. The Bertz CT molecular complexity index is 1060. The van der Waals surface area contributed by atoms with Crippen LogP contribution >= 0.6 is 34.8 Å². The van der Waals surface area contributed by atoms with Crippen LogP contribution in [0.3, 0.4) is 0 Å². The van der Waals surface area contributed by atoms with E-state index in [1.54, 1.807) is 13.0 Å². The first-order valence-corrected chi connectivity index (χ1v) is 12.9. The number of hydrogen-bond donors (Lipinski definition) is 1. The molecule has 2 aromatic carbocycles. The van der Waals surface area contributed by atoms with Gasteiger partial charge in [-0.1, -0.05) is 34.8 Å². The monoisotopic (exact) mass is 498 g/mol. The van der Waals surface area contributed by atoms with Crippen LogP contribution in [0.25, 0.3) is 0 Å². The summed E-state index contributed by atoms with van der Waals surface area (Å²) in [6.45, 7) is 1.69. The highest BCUT2D eigenvalue weighted by Crippen LogP contribution is 2.35. The van der Waals surface area contributed by atoms with E-state index < -0.39 is 26.1 Å². The number of benzene rings is 2. The highest BCUT2D eigenvalue weighted by atomic mass is 35.5. The molecule has 6 nitrogen and oxygen atoms in total. The van der Waals surface area contributed by atoms with E-state index in [0.717, 1.165) is 0 Å². The molecule has 0 fully saturated rings. The summed E-state index contributed by atoms with van der Waals surface area (Å²) in [5, 5.41) is 0.939. The van der Waals surface area contributed by atoms with E-state index in [9.17, 15) is 16.8 Å². The Morgan fingerprint density at radius 3 is 2.14 bits per heavy atom. The maximum absolute atomic E-state index is 13.4. The van der Waals surface area contributed by atoms with Gasteiger partial charge in [-0.25, -0.2) is 21.6 Å². The summed E-state index contributed by atoms with van der Waals surface area (Å²) < 4.78 is 53.6. The van der Waals surface area contributed by atoms with E-state index in [1.165, 1.54) is 47.8 Å². The Morgan fingerprint density at radius 2 is 1.55 bits per heavy atom. The van der Waals surface area contributed by atoms with Gasteiger partial charge in [0.05, 0.1) is 21.4 Å². The summed E-state index contributed by atoms with van der Waals surface area (Å²) in [4.78, 5) is 0.0349. The van der Waals surface area contributed by atoms with Gasteiger partial charge in [0.2, 0.25) is 10.0 Å². The quantitative estimate of drug-likeness (QED) is 0.548. The largest absolute Gasteiger partial charge is 0.264 e. The molecule has 2 aromatic rings. The number of nitrogens with one attached hydrogen (secondary N) is 1. The van der Waals surface area contributed by atoms with Gasteiger partial charge in [0.25, 0.3) is 10.0 Å². The van der Waals surface area contributed by atoms with E-state index in [0.29, 0.717) is 10.0 Å². The molecule has 1 atom stereocenters. The van der Waals surface area contributed by atoms with Crippen molar-refractivity contribution in [2.24, 2.45) is 0 Å². The topological polar surface area (TPSA) is 83.6 Å². The molecule has 0 saturated heterocycles. The zero-order valence-corrected chi connectivity index (χ0v) is 19.7. The molecular weight excluding hydrogens is 479 g/mol. The number of nitrogens with zero attached hydrogens (tertiary/aromatic N) is 1. The van der Waals surface area contributed by atoms with Gasteiger partial charge < -0.3 is 0 Å². The van der Waals surface area contributed by atoms with E-state index in [1.807, 2.05) is 0 Å². The van der Waals surface area contributed by atoms with Crippen LogP contribution < -0.4 is 9.03 Å². The van der Waals surface area contributed by atoms with E-state index in [-0.39, 0.29) is 34.2 Å². The van der Waals surface area contributed by atoms with Crippen LogP contribution in [0.5, 0.6) is 0 Å². The molecule has 0 aromatic heterocycles. The van der Waals surface area contributed by atoms with Crippen LogP contribution in [-0.2, 0) is 20.0 Å². The molecule has 29 heavy (non-hydrogen) atoms. The van der Waals surface area contributed by atoms with Crippen molar-refractivity contribution < 1.29 is 16.8 Å². The Hall–Kier alpha value is -1.03. The third-order valence-corrected chi connectivity index (χ3v) is 8.46. The van der Waals surface area contributed by atoms with Crippen LogP contribution in [0.15, 0.2) is 47.4 Å². The van der Waals surface area contributed by atoms with Crippen molar-refractivity contribution >= 4 is 60.5 Å². The Balaban J connectivity index is 2.46. The van der Waals surface area contributed by atoms with Crippen LogP contribution in [0, 0.1) is 0 Å². The van der Waals surface area contributed by atoms with Gasteiger partial charge in [-0.3, -0.25) is 4.31 Å². The molecule has 0 aliphatic carbocycles. The lowest BCUT2D eigenvalue weighted by Gasteiger charge is -2.31. The first-order valence-electron chi connectivity index (χ1n) is 8.64. The first kappa shape index (κ1) is 24.2. The molecule has 0 aliphatic heterocycles. The Morgan fingerprint density at radius 1 is 0.966 bits per heavy atom. The van der Waals surface area contributed by atoms with Gasteiger partial charge in [0.15, 0.2) is 0 Å². The predicted octanol–water partition coefficient (Wildman–Crippen LogP) is 4.56. The fraction of sp³-hybridized carbons (Fsp3) is 0.333. The van der Waals surface area contributed by atoms with Crippen LogP contribution in [-0.4, -0.2) is 35.7 Å². The van der Waals surface area contributed by atoms with Crippen LogP contribution in [0.1, 0.15) is 19.8 Å². The van der Waals surface area contributed by atoms with Crippen molar-refractivity contribution in [2.75, 3.05) is 17.1 Å². The molecule has 0 unspecified atom stereocenters. The van der Waals surface area contributed by atoms with E-state index >= 15 is 0 Å². The van der Waals surface area contributed by atoms with E-state index in [4.69, 9.17) is 34.8 Å². The Kier molecular flexibility index (Phi) is 8.23. The fourth-order valence-electron chi connectivity index (χ4n) is 2.77. The second kappa shape index (κ2) is 9.85. The molecule has 0 amide bonds. The highest BCUT2D eigenvalue weighted by molar-refractivity contribution is 7.93. The van der Waals surface area contributed by atoms with Crippen molar-refractivity contribution in [3.05, 3.63) is 57.5 Å². The molecule has 2 rings (SSSR count). The SMILES string of the molecule is CNS(=O)(=O)CCC[C@@H](C)N(c1cc(Cl)ccc1Cl)S(=O)(=O)c1ccc(Cl)cc1. The summed E-state index contributed by atoms with van der Waals surface area (Å²) in [5.74, 6) is -0.119. The van der Waals surface area contributed by atoms with Gasteiger partial charge in [0.1, 0.15) is 0 Å². The third-order valence-electron chi connectivity index (χ3n) is 4.26. The van der Waals surface area contributed by atoms with Crippen molar-refractivity contribution in [3.63, 3.8) is 0 Å². The maximum Gasteiger partial charge on any atom is 0.264 e. The third kappa shape index (κ3) is 6.23. The zero-order chi connectivity index (χ0) is 21.8. The van der Waals surface area contributed by atoms with Gasteiger partial charge in [0, 0.05) is 16.1 Å². The second-order valence-electron chi connectivity index (χ2n) is 6.36. The smallest absolute Gasteiger partial charge is 0.262 e. The number of sulfonamides is 2. The lowest BCUT2D eigenvalue weighted by atomic mass is 10.2. The van der Waals surface area contributed by atoms with Crippen LogP contribution in [0.2, 0.25) is 15.1 Å². The van der Waals surface area contributed by atoms with Crippen molar-refractivity contribution in [2.45, 2.75) is 30.7 Å². The van der Waals surface area contributed by atoms with Gasteiger partial charge in [-0.2, -0.15) is 0 Å². The molecule has 0 aliphatic rings. The molecular formula is C18H21Cl3N2O4S2. The lowest BCUT2D eigenvalue weighted by Crippen LogP contribution is -2.39. The summed E-state index contributed by atoms with van der Waals surface area (Å²) in [5.41, 5.74) is 0.220. The van der Waals surface area contributed by atoms with Crippen molar-refractivity contribution in [3.8, 4) is 0 Å². The summed E-state index contributed by atoms with van der Waals surface area (Å²) in [6.07, 6.45) is 0.547. The molecule has 0 bridgehead atoms. The summed E-state index contributed by atoms with van der Waals surface area (Å²) in [7, 11) is -6.07. The molecule has 0 saturated carbocycles.